The second-order valence-electron chi connectivity index (χ2n) is 4.92. The van der Waals surface area contributed by atoms with E-state index in [4.69, 9.17) is 0 Å². The van der Waals surface area contributed by atoms with Crippen LogP contribution in [0.1, 0.15) is 32.9 Å². The van der Waals surface area contributed by atoms with Crippen molar-refractivity contribution >= 4 is 11.8 Å². The molecular weight excluding hydrogens is 220 g/mol. The van der Waals surface area contributed by atoms with Gasteiger partial charge in [-0.1, -0.05) is 5.21 Å². The zero-order valence-corrected chi connectivity index (χ0v) is 11.5. The van der Waals surface area contributed by atoms with E-state index in [9.17, 15) is 0 Å². The summed E-state index contributed by atoms with van der Waals surface area (Å²) in [6, 6.07) is 0. The van der Waals surface area contributed by atoms with Gasteiger partial charge in [0, 0.05) is 24.8 Å². The van der Waals surface area contributed by atoms with Crippen molar-refractivity contribution in [3.8, 4) is 0 Å². The molecule has 1 N–H and O–H groups in total. The molecule has 0 aliphatic carbocycles. The molecule has 0 aromatic carbocycles. The quantitative estimate of drug-likeness (QED) is 0.774. The van der Waals surface area contributed by atoms with Crippen LogP contribution in [0.2, 0.25) is 0 Å². The first-order valence-electron chi connectivity index (χ1n) is 5.64. The Morgan fingerprint density at radius 1 is 1.44 bits per heavy atom. The van der Waals surface area contributed by atoms with Gasteiger partial charge in [-0.05, 0) is 39.2 Å². The van der Waals surface area contributed by atoms with Crippen molar-refractivity contribution in [2.24, 2.45) is 0 Å². The lowest BCUT2D eigenvalue weighted by atomic mass is 10.1. The van der Waals surface area contributed by atoms with Gasteiger partial charge < -0.3 is 5.32 Å². The zero-order chi connectivity index (χ0) is 12.0. The lowest BCUT2D eigenvalue weighted by Crippen LogP contribution is -2.35. The highest BCUT2D eigenvalue weighted by atomic mass is 32.2. The summed E-state index contributed by atoms with van der Waals surface area (Å²) in [6.45, 7) is 8.19. The van der Waals surface area contributed by atoms with E-state index in [0.717, 1.165) is 25.2 Å². The van der Waals surface area contributed by atoms with Crippen LogP contribution in [0.3, 0.4) is 0 Å². The summed E-state index contributed by atoms with van der Waals surface area (Å²) in [5.41, 5.74) is 1.14. The van der Waals surface area contributed by atoms with E-state index in [0.29, 0.717) is 0 Å². The Labute approximate surface area is 102 Å². The van der Waals surface area contributed by atoms with Gasteiger partial charge in [-0.15, -0.1) is 5.10 Å². The Balaban J connectivity index is 2.33. The monoisotopic (exact) mass is 242 g/mol. The average Bonchev–Trinajstić information content (AvgIpc) is 2.62. The molecule has 4 nitrogen and oxygen atoms in total. The van der Waals surface area contributed by atoms with Gasteiger partial charge in [0.15, 0.2) is 0 Å². The Hall–Kier alpha value is -0.550. The molecule has 0 unspecified atom stereocenters. The van der Waals surface area contributed by atoms with Gasteiger partial charge in [-0.2, -0.15) is 11.8 Å². The predicted molar refractivity (Wildman–Crippen MR) is 69.6 cm³/mol. The molecule has 0 aliphatic heterocycles. The third-order valence-corrected chi connectivity index (χ3v) is 2.82. The van der Waals surface area contributed by atoms with Crippen LogP contribution in [-0.4, -0.2) is 32.5 Å². The third kappa shape index (κ3) is 5.51. The van der Waals surface area contributed by atoms with Crippen LogP contribution in [-0.2, 0) is 13.1 Å². The molecule has 0 fully saturated rings. The molecule has 1 rings (SSSR count). The fourth-order valence-corrected chi connectivity index (χ4v) is 1.67. The number of aromatic nitrogens is 3. The Bertz CT molecular complexity index is 303. The minimum Gasteiger partial charge on any atom is -0.306 e. The van der Waals surface area contributed by atoms with Crippen LogP contribution in [0.15, 0.2) is 6.20 Å². The highest BCUT2D eigenvalue weighted by Gasteiger charge is 2.09. The first kappa shape index (κ1) is 13.5. The van der Waals surface area contributed by atoms with Gasteiger partial charge in [-0.3, -0.25) is 4.68 Å². The molecule has 0 atom stereocenters. The van der Waals surface area contributed by atoms with E-state index < -0.39 is 0 Å². The maximum absolute atomic E-state index is 4.14. The first-order chi connectivity index (χ1) is 7.51. The molecule has 0 bridgehead atoms. The van der Waals surface area contributed by atoms with Crippen molar-refractivity contribution in [2.75, 3.05) is 12.0 Å². The maximum Gasteiger partial charge on any atom is 0.0965 e. The minimum atomic E-state index is 0.128. The number of hydrogen-bond donors (Lipinski definition) is 1. The molecule has 0 amide bonds. The normalized spacial score (nSPS) is 12.0. The van der Waals surface area contributed by atoms with Crippen molar-refractivity contribution in [2.45, 2.75) is 45.8 Å². The standard InChI is InChI=1S/C11H22N4S/c1-11(2,3)12-8-10-9-15(14-13-10)6-5-7-16-4/h9,12H,5-8H2,1-4H3. The summed E-state index contributed by atoms with van der Waals surface area (Å²) >= 11 is 1.87. The lowest BCUT2D eigenvalue weighted by molar-refractivity contribution is 0.421. The lowest BCUT2D eigenvalue weighted by Gasteiger charge is -2.19. The van der Waals surface area contributed by atoms with Gasteiger partial charge >= 0.3 is 0 Å². The van der Waals surface area contributed by atoms with E-state index >= 15 is 0 Å². The number of rotatable bonds is 6. The molecule has 16 heavy (non-hydrogen) atoms. The number of nitrogens with one attached hydrogen (secondary N) is 1. The van der Waals surface area contributed by atoms with Crippen LogP contribution in [0.4, 0.5) is 0 Å². The minimum absolute atomic E-state index is 0.128. The van der Waals surface area contributed by atoms with Gasteiger partial charge in [-0.25, -0.2) is 0 Å². The SMILES string of the molecule is CSCCCn1cc(CNC(C)(C)C)nn1. The molecule has 0 aliphatic rings. The fourth-order valence-electron chi connectivity index (χ4n) is 1.26. The van der Waals surface area contributed by atoms with E-state index in [1.807, 2.05) is 22.6 Å². The van der Waals surface area contributed by atoms with Crippen molar-refractivity contribution in [3.05, 3.63) is 11.9 Å². The summed E-state index contributed by atoms with van der Waals surface area (Å²) in [5.74, 6) is 1.18. The van der Waals surface area contributed by atoms with Crippen LogP contribution in [0.5, 0.6) is 0 Å². The molecule has 1 aromatic heterocycles. The number of hydrogen-bond acceptors (Lipinski definition) is 4. The molecule has 1 aromatic rings. The Morgan fingerprint density at radius 2 is 2.19 bits per heavy atom. The molecule has 0 saturated heterocycles. The largest absolute Gasteiger partial charge is 0.306 e. The summed E-state index contributed by atoms with van der Waals surface area (Å²) in [7, 11) is 0. The van der Waals surface area contributed by atoms with Crippen molar-refractivity contribution in [1.82, 2.24) is 20.3 Å². The Kier molecular flexibility index (Phi) is 5.28. The van der Waals surface area contributed by atoms with Gasteiger partial charge in [0.1, 0.15) is 0 Å². The van der Waals surface area contributed by atoms with Gasteiger partial charge in [0.2, 0.25) is 0 Å². The molecule has 92 valence electrons. The van der Waals surface area contributed by atoms with Crippen LogP contribution in [0, 0.1) is 0 Å². The van der Waals surface area contributed by atoms with E-state index in [2.05, 4.69) is 42.7 Å². The molecule has 0 saturated carbocycles. The highest BCUT2D eigenvalue weighted by Crippen LogP contribution is 2.02. The predicted octanol–water partition coefficient (Wildman–Crippen LogP) is 1.92. The second kappa shape index (κ2) is 6.25. The van der Waals surface area contributed by atoms with Crippen LogP contribution in [0.25, 0.3) is 0 Å². The number of aryl methyl sites for hydroxylation is 1. The highest BCUT2D eigenvalue weighted by molar-refractivity contribution is 7.98. The van der Waals surface area contributed by atoms with Crippen LogP contribution >= 0.6 is 11.8 Å². The van der Waals surface area contributed by atoms with E-state index in [1.54, 1.807) is 0 Å². The number of thioether (sulfide) groups is 1. The molecule has 0 spiro atoms. The smallest absolute Gasteiger partial charge is 0.0965 e. The first-order valence-corrected chi connectivity index (χ1v) is 7.03. The van der Waals surface area contributed by atoms with Gasteiger partial charge in [0.05, 0.1) is 5.69 Å². The van der Waals surface area contributed by atoms with Crippen molar-refractivity contribution in [1.29, 1.82) is 0 Å². The topological polar surface area (TPSA) is 42.7 Å². The summed E-state index contributed by atoms with van der Waals surface area (Å²) < 4.78 is 1.93. The summed E-state index contributed by atoms with van der Waals surface area (Å²) in [4.78, 5) is 0. The second-order valence-corrected chi connectivity index (χ2v) is 5.91. The zero-order valence-electron chi connectivity index (χ0n) is 10.7. The van der Waals surface area contributed by atoms with E-state index in [-0.39, 0.29) is 5.54 Å². The molecular formula is C11H22N4S. The molecule has 1 heterocycles. The molecule has 0 radical (unpaired) electrons. The van der Waals surface area contributed by atoms with Crippen molar-refractivity contribution < 1.29 is 0 Å². The third-order valence-electron chi connectivity index (χ3n) is 2.12. The maximum atomic E-state index is 4.14. The Morgan fingerprint density at radius 3 is 2.81 bits per heavy atom. The summed E-state index contributed by atoms with van der Waals surface area (Å²) in [6.07, 6.45) is 5.30. The molecule has 5 heteroatoms. The number of nitrogens with zero attached hydrogens (tertiary/aromatic N) is 3. The fraction of sp³-hybridized carbons (Fsp3) is 0.818. The van der Waals surface area contributed by atoms with Crippen LogP contribution < -0.4 is 5.32 Å². The van der Waals surface area contributed by atoms with Crippen molar-refractivity contribution in [3.63, 3.8) is 0 Å². The van der Waals surface area contributed by atoms with Gasteiger partial charge in [0.25, 0.3) is 0 Å². The van der Waals surface area contributed by atoms with E-state index in [1.165, 1.54) is 5.75 Å². The summed E-state index contributed by atoms with van der Waals surface area (Å²) in [5, 5.41) is 11.6. The average molecular weight is 242 g/mol.